The van der Waals surface area contributed by atoms with Gasteiger partial charge in [0.2, 0.25) is 0 Å². The maximum Gasteiger partial charge on any atom is 0.124 e. The maximum absolute atomic E-state index is 8.47. The number of hydrogen-bond donors (Lipinski definition) is 2. The fourth-order valence-corrected chi connectivity index (χ4v) is 0.398. The summed E-state index contributed by atoms with van der Waals surface area (Å²) in [5.41, 5.74) is 0. The molecule has 0 aliphatic rings. The minimum Gasteiger partial charge on any atom is -0.516 e. The molecule has 0 radical (unpaired) electrons. The molecule has 0 amide bonds. The maximum atomic E-state index is 8.47. The van der Waals surface area contributed by atoms with E-state index in [-0.39, 0.29) is 6.61 Å². The van der Waals surface area contributed by atoms with Gasteiger partial charge in [-0.1, -0.05) is 31.9 Å². The monoisotopic (exact) mass is 244 g/mol. The van der Waals surface area contributed by atoms with Crippen LogP contribution in [0.3, 0.4) is 0 Å². The largest absolute Gasteiger partial charge is 0.516 e. The Hall–Kier alpha value is 0.460. The van der Waals surface area contributed by atoms with Gasteiger partial charge in [-0.15, -0.1) is 0 Å². The molecule has 0 atom stereocenters. The van der Waals surface area contributed by atoms with Gasteiger partial charge in [0.1, 0.15) is 3.23 Å². The fourth-order valence-electron chi connectivity index (χ4n) is 0.162. The Bertz CT molecular complexity index is 90.0. The molecule has 0 unspecified atom stereocenters. The SMILES string of the molecule is OC=CC(Br)(Br)CO. The first-order valence-electron chi connectivity index (χ1n) is 1.93. The minimum absolute atomic E-state index is 0.107. The number of alkyl halides is 2. The van der Waals surface area contributed by atoms with Crippen LogP contribution in [0.4, 0.5) is 0 Å². The lowest BCUT2D eigenvalue weighted by Crippen LogP contribution is -2.12. The molecule has 0 saturated heterocycles. The molecular formula is C4H6Br2O2. The van der Waals surface area contributed by atoms with Crippen LogP contribution in [0.1, 0.15) is 0 Å². The van der Waals surface area contributed by atoms with E-state index in [9.17, 15) is 0 Å². The van der Waals surface area contributed by atoms with Gasteiger partial charge >= 0.3 is 0 Å². The van der Waals surface area contributed by atoms with E-state index in [4.69, 9.17) is 10.2 Å². The number of rotatable bonds is 2. The summed E-state index contributed by atoms with van der Waals surface area (Å²) in [7, 11) is 0. The molecule has 2 N–H and O–H groups in total. The second kappa shape index (κ2) is 3.48. The van der Waals surface area contributed by atoms with E-state index >= 15 is 0 Å². The molecule has 0 rings (SSSR count). The van der Waals surface area contributed by atoms with Gasteiger partial charge in [0.05, 0.1) is 12.9 Å². The van der Waals surface area contributed by atoms with E-state index in [1.807, 2.05) is 0 Å². The number of aliphatic hydroxyl groups excluding tert-OH is 2. The van der Waals surface area contributed by atoms with E-state index in [0.717, 1.165) is 6.26 Å². The van der Waals surface area contributed by atoms with Crippen LogP contribution >= 0.6 is 31.9 Å². The highest BCUT2D eigenvalue weighted by Crippen LogP contribution is 2.26. The molecule has 0 fully saturated rings. The number of hydrogen-bond acceptors (Lipinski definition) is 2. The molecule has 48 valence electrons. The van der Waals surface area contributed by atoms with Crippen molar-refractivity contribution in [1.82, 2.24) is 0 Å². The van der Waals surface area contributed by atoms with Gasteiger partial charge in [-0.3, -0.25) is 0 Å². The molecule has 0 aliphatic heterocycles. The van der Waals surface area contributed by atoms with Gasteiger partial charge in [0.15, 0.2) is 0 Å². The van der Waals surface area contributed by atoms with Gasteiger partial charge < -0.3 is 10.2 Å². The van der Waals surface area contributed by atoms with Crippen LogP contribution < -0.4 is 0 Å². The van der Waals surface area contributed by atoms with Crippen molar-refractivity contribution >= 4 is 31.9 Å². The standard InChI is InChI=1S/C4H6Br2O2/c5-4(6,3-8)1-2-7/h1-2,7-8H,3H2. The van der Waals surface area contributed by atoms with Gasteiger partial charge in [0.25, 0.3) is 0 Å². The van der Waals surface area contributed by atoms with Crippen LogP contribution in [-0.2, 0) is 0 Å². The average Bonchev–Trinajstić information content (AvgIpc) is 1.67. The molecule has 0 bridgehead atoms. The summed E-state index contributed by atoms with van der Waals surface area (Å²) in [6.45, 7) is -0.107. The third-order valence-corrected chi connectivity index (χ3v) is 1.56. The lowest BCUT2D eigenvalue weighted by molar-refractivity contribution is 0.301. The highest BCUT2D eigenvalue weighted by Gasteiger charge is 2.15. The minimum atomic E-state index is -0.658. The molecule has 0 aromatic heterocycles. The van der Waals surface area contributed by atoms with Crippen molar-refractivity contribution in [3.05, 3.63) is 12.3 Å². The first-order valence-corrected chi connectivity index (χ1v) is 3.51. The molecule has 2 nitrogen and oxygen atoms in total. The van der Waals surface area contributed by atoms with Crippen LogP contribution in [-0.4, -0.2) is 20.1 Å². The molecule has 0 spiro atoms. The molecular weight excluding hydrogens is 240 g/mol. The first-order chi connectivity index (χ1) is 3.62. The molecule has 4 heteroatoms. The summed E-state index contributed by atoms with van der Waals surface area (Å²) >= 11 is 6.12. The Morgan fingerprint density at radius 1 is 1.50 bits per heavy atom. The van der Waals surface area contributed by atoms with Crippen molar-refractivity contribution in [2.45, 2.75) is 3.23 Å². The normalized spacial score (nSPS) is 12.9. The highest BCUT2D eigenvalue weighted by molar-refractivity contribution is 9.25. The zero-order valence-corrected chi connectivity index (χ0v) is 7.18. The van der Waals surface area contributed by atoms with Crippen LogP contribution in [0.2, 0.25) is 0 Å². The zero-order chi connectivity index (χ0) is 6.62. The van der Waals surface area contributed by atoms with E-state index in [1.54, 1.807) is 0 Å². The van der Waals surface area contributed by atoms with Crippen molar-refractivity contribution < 1.29 is 10.2 Å². The third kappa shape index (κ3) is 3.46. The Morgan fingerprint density at radius 2 is 2.00 bits per heavy atom. The lowest BCUT2D eigenvalue weighted by Gasteiger charge is -2.08. The van der Waals surface area contributed by atoms with Gasteiger partial charge in [-0.25, -0.2) is 0 Å². The average molecular weight is 246 g/mol. The van der Waals surface area contributed by atoms with Crippen molar-refractivity contribution in [2.75, 3.05) is 6.61 Å². The number of halogens is 2. The van der Waals surface area contributed by atoms with E-state index in [0.29, 0.717) is 0 Å². The summed E-state index contributed by atoms with van der Waals surface area (Å²) in [5.74, 6) is 0. The van der Waals surface area contributed by atoms with Crippen LogP contribution in [0.5, 0.6) is 0 Å². The summed E-state index contributed by atoms with van der Waals surface area (Å²) in [5, 5.41) is 16.7. The van der Waals surface area contributed by atoms with E-state index in [2.05, 4.69) is 31.9 Å². The predicted octanol–water partition coefficient (Wildman–Crippen LogP) is 1.54. The summed E-state index contributed by atoms with van der Waals surface area (Å²) < 4.78 is -0.658. The molecule has 0 aromatic carbocycles. The smallest absolute Gasteiger partial charge is 0.124 e. The highest BCUT2D eigenvalue weighted by atomic mass is 79.9. The van der Waals surface area contributed by atoms with E-state index < -0.39 is 3.23 Å². The summed E-state index contributed by atoms with van der Waals surface area (Å²) in [6.07, 6.45) is 2.24. The van der Waals surface area contributed by atoms with Crippen molar-refractivity contribution in [3.63, 3.8) is 0 Å². The van der Waals surface area contributed by atoms with Gasteiger partial charge in [0, 0.05) is 0 Å². The fraction of sp³-hybridized carbons (Fsp3) is 0.500. The van der Waals surface area contributed by atoms with Crippen molar-refractivity contribution in [1.29, 1.82) is 0 Å². The Morgan fingerprint density at radius 3 is 2.12 bits per heavy atom. The molecule has 0 heterocycles. The van der Waals surface area contributed by atoms with Gasteiger partial charge in [-0.05, 0) is 6.08 Å². The second-order valence-corrected chi connectivity index (χ2v) is 5.13. The number of aliphatic hydroxyl groups is 2. The summed E-state index contributed by atoms with van der Waals surface area (Å²) in [4.78, 5) is 0. The lowest BCUT2D eigenvalue weighted by atomic mass is 10.4. The Balaban J connectivity index is 3.71. The second-order valence-electron chi connectivity index (χ2n) is 1.23. The third-order valence-electron chi connectivity index (χ3n) is 0.529. The van der Waals surface area contributed by atoms with Crippen molar-refractivity contribution in [3.8, 4) is 0 Å². The van der Waals surface area contributed by atoms with Crippen LogP contribution in [0.25, 0.3) is 0 Å². The molecule has 0 aromatic rings. The zero-order valence-electron chi connectivity index (χ0n) is 4.01. The molecule has 0 aliphatic carbocycles. The Kier molecular flexibility index (Phi) is 3.68. The van der Waals surface area contributed by atoms with E-state index in [1.165, 1.54) is 6.08 Å². The predicted molar refractivity (Wildman–Crippen MR) is 39.4 cm³/mol. The Labute approximate surface area is 64.5 Å². The topological polar surface area (TPSA) is 40.5 Å². The first kappa shape index (κ1) is 8.46. The van der Waals surface area contributed by atoms with Gasteiger partial charge in [-0.2, -0.15) is 0 Å². The van der Waals surface area contributed by atoms with Crippen LogP contribution in [0.15, 0.2) is 12.3 Å². The van der Waals surface area contributed by atoms with Crippen LogP contribution in [0, 0.1) is 0 Å². The quantitative estimate of drug-likeness (QED) is 0.573. The molecule has 8 heavy (non-hydrogen) atoms. The molecule has 0 saturated carbocycles. The van der Waals surface area contributed by atoms with Crippen molar-refractivity contribution in [2.24, 2.45) is 0 Å². The summed E-state index contributed by atoms with van der Waals surface area (Å²) in [6, 6.07) is 0.